The lowest BCUT2D eigenvalue weighted by molar-refractivity contribution is 0.160. The van der Waals surface area contributed by atoms with Crippen molar-refractivity contribution in [1.29, 1.82) is 0 Å². The number of nitrogens with one attached hydrogen (secondary N) is 1. The highest BCUT2D eigenvalue weighted by Crippen LogP contribution is 2.24. The fourth-order valence-corrected chi connectivity index (χ4v) is 3.00. The summed E-state index contributed by atoms with van der Waals surface area (Å²) in [6.45, 7) is 15.0. The van der Waals surface area contributed by atoms with Crippen LogP contribution in [0.3, 0.4) is 0 Å². The molecule has 19 heavy (non-hydrogen) atoms. The molecule has 1 saturated heterocycles. The molecule has 2 heteroatoms. The largest absolute Gasteiger partial charge is 0.314 e. The molecule has 0 aromatic heterocycles. The van der Waals surface area contributed by atoms with Crippen molar-refractivity contribution in [1.82, 2.24) is 10.2 Å². The van der Waals surface area contributed by atoms with Crippen LogP contribution < -0.4 is 5.32 Å². The van der Waals surface area contributed by atoms with Crippen molar-refractivity contribution in [3.63, 3.8) is 0 Å². The summed E-state index contributed by atoms with van der Waals surface area (Å²) in [5.74, 6) is 0. The van der Waals surface area contributed by atoms with Crippen molar-refractivity contribution in [3.05, 3.63) is 34.9 Å². The van der Waals surface area contributed by atoms with E-state index in [1.807, 2.05) is 0 Å². The molecule has 0 spiro atoms. The molecule has 2 nitrogen and oxygen atoms in total. The maximum atomic E-state index is 3.42. The highest BCUT2D eigenvalue weighted by Gasteiger charge is 2.23. The van der Waals surface area contributed by atoms with Gasteiger partial charge in [-0.25, -0.2) is 0 Å². The molecule has 0 saturated carbocycles. The van der Waals surface area contributed by atoms with Crippen molar-refractivity contribution in [2.45, 2.75) is 34.1 Å². The predicted molar refractivity (Wildman–Crippen MR) is 82.7 cm³/mol. The molecule has 0 atom stereocenters. The molecule has 1 heterocycles. The standard InChI is InChI=1S/C17H28N2/c1-14-5-6-16(11-15(14)2)12-17(3,4)13-19-9-7-18-8-10-19/h5-6,11,18H,7-10,12-13H2,1-4H3. The molecule has 0 radical (unpaired) electrons. The van der Waals surface area contributed by atoms with E-state index >= 15 is 0 Å². The zero-order valence-electron chi connectivity index (χ0n) is 12.9. The van der Waals surface area contributed by atoms with E-state index in [1.165, 1.54) is 36.3 Å². The lowest BCUT2D eigenvalue weighted by Gasteiger charge is -2.35. The Hall–Kier alpha value is -0.860. The van der Waals surface area contributed by atoms with Crippen molar-refractivity contribution in [3.8, 4) is 0 Å². The Morgan fingerprint density at radius 1 is 1.11 bits per heavy atom. The number of benzene rings is 1. The molecular formula is C17H28N2. The molecule has 0 unspecified atom stereocenters. The van der Waals surface area contributed by atoms with Crippen LogP contribution in [0.2, 0.25) is 0 Å². The third-order valence-electron chi connectivity index (χ3n) is 4.12. The first-order valence-electron chi connectivity index (χ1n) is 7.45. The van der Waals surface area contributed by atoms with Crippen molar-refractivity contribution in [2.75, 3.05) is 32.7 Å². The van der Waals surface area contributed by atoms with Crippen LogP contribution in [0.5, 0.6) is 0 Å². The average Bonchev–Trinajstić information content (AvgIpc) is 2.34. The van der Waals surface area contributed by atoms with Gasteiger partial charge in [0.1, 0.15) is 0 Å². The van der Waals surface area contributed by atoms with E-state index in [0.717, 1.165) is 19.5 Å². The van der Waals surface area contributed by atoms with E-state index in [-0.39, 0.29) is 0 Å². The van der Waals surface area contributed by atoms with Crippen LogP contribution in [0.25, 0.3) is 0 Å². The molecule has 106 valence electrons. The van der Waals surface area contributed by atoms with Crippen molar-refractivity contribution in [2.24, 2.45) is 5.41 Å². The van der Waals surface area contributed by atoms with E-state index in [2.05, 4.69) is 56.1 Å². The van der Waals surface area contributed by atoms with E-state index in [9.17, 15) is 0 Å². The Morgan fingerprint density at radius 3 is 2.42 bits per heavy atom. The second-order valence-electron chi connectivity index (χ2n) is 6.79. The molecule has 1 fully saturated rings. The normalized spacial score (nSPS) is 17.7. The molecule has 2 rings (SSSR count). The lowest BCUT2D eigenvalue weighted by atomic mass is 9.84. The molecule has 1 aromatic rings. The number of hydrogen-bond donors (Lipinski definition) is 1. The first-order valence-corrected chi connectivity index (χ1v) is 7.45. The highest BCUT2D eigenvalue weighted by atomic mass is 15.2. The molecule has 0 bridgehead atoms. The smallest absolute Gasteiger partial charge is 0.0108 e. The molecule has 1 aromatic carbocycles. The average molecular weight is 260 g/mol. The molecular weight excluding hydrogens is 232 g/mol. The van der Waals surface area contributed by atoms with E-state index in [1.54, 1.807) is 0 Å². The summed E-state index contributed by atoms with van der Waals surface area (Å²) in [7, 11) is 0. The van der Waals surface area contributed by atoms with Crippen molar-refractivity contribution >= 4 is 0 Å². The minimum absolute atomic E-state index is 0.346. The molecule has 0 aliphatic carbocycles. The van der Waals surface area contributed by atoms with Gasteiger partial charge in [-0.1, -0.05) is 32.0 Å². The number of rotatable bonds is 4. The Kier molecular flexibility index (Phi) is 4.64. The van der Waals surface area contributed by atoms with Gasteiger partial charge >= 0.3 is 0 Å². The minimum atomic E-state index is 0.346. The topological polar surface area (TPSA) is 15.3 Å². The predicted octanol–water partition coefficient (Wildman–Crippen LogP) is 2.78. The molecule has 0 amide bonds. The van der Waals surface area contributed by atoms with Crippen LogP contribution in [-0.4, -0.2) is 37.6 Å². The number of piperazine rings is 1. The Morgan fingerprint density at radius 2 is 1.79 bits per heavy atom. The van der Waals surface area contributed by atoms with Gasteiger partial charge in [0, 0.05) is 32.7 Å². The SMILES string of the molecule is Cc1ccc(CC(C)(C)CN2CCNCC2)cc1C. The lowest BCUT2D eigenvalue weighted by Crippen LogP contribution is -2.47. The van der Waals surface area contributed by atoms with Crippen LogP contribution in [0, 0.1) is 19.3 Å². The highest BCUT2D eigenvalue weighted by molar-refractivity contribution is 5.30. The first-order chi connectivity index (χ1) is 8.96. The summed E-state index contributed by atoms with van der Waals surface area (Å²) in [6, 6.07) is 6.91. The Balaban J connectivity index is 1.96. The summed E-state index contributed by atoms with van der Waals surface area (Å²) < 4.78 is 0. The van der Waals surface area contributed by atoms with Gasteiger partial charge in [-0.15, -0.1) is 0 Å². The van der Waals surface area contributed by atoms with Crippen LogP contribution in [0.4, 0.5) is 0 Å². The van der Waals surface area contributed by atoms with Crippen LogP contribution in [0.15, 0.2) is 18.2 Å². The summed E-state index contributed by atoms with van der Waals surface area (Å²) >= 11 is 0. The van der Waals surface area contributed by atoms with Crippen molar-refractivity contribution < 1.29 is 0 Å². The third kappa shape index (κ3) is 4.32. The number of aryl methyl sites for hydroxylation is 2. The number of hydrogen-bond acceptors (Lipinski definition) is 2. The Bertz CT molecular complexity index is 417. The molecule has 1 aliphatic heterocycles. The Labute approximate surface area is 118 Å². The summed E-state index contributed by atoms with van der Waals surface area (Å²) in [6.07, 6.45) is 1.16. The van der Waals surface area contributed by atoms with E-state index in [4.69, 9.17) is 0 Å². The first kappa shape index (κ1) is 14.5. The van der Waals surface area contributed by atoms with Gasteiger partial charge in [0.25, 0.3) is 0 Å². The second kappa shape index (κ2) is 6.06. The maximum absolute atomic E-state index is 3.42. The second-order valence-corrected chi connectivity index (χ2v) is 6.79. The molecule has 1 N–H and O–H groups in total. The summed E-state index contributed by atoms with van der Waals surface area (Å²) in [5.41, 5.74) is 4.63. The van der Waals surface area contributed by atoms with Gasteiger partial charge in [-0.3, -0.25) is 0 Å². The summed E-state index contributed by atoms with van der Waals surface area (Å²) in [5, 5.41) is 3.42. The fourth-order valence-electron chi connectivity index (χ4n) is 3.00. The van der Waals surface area contributed by atoms with Gasteiger partial charge in [-0.05, 0) is 42.4 Å². The van der Waals surface area contributed by atoms with Gasteiger partial charge in [0.2, 0.25) is 0 Å². The zero-order chi connectivity index (χ0) is 13.9. The zero-order valence-corrected chi connectivity index (χ0v) is 12.9. The summed E-state index contributed by atoms with van der Waals surface area (Å²) in [4.78, 5) is 2.59. The van der Waals surface area contributed by atoms with Gasteiger partial charge in [-0.2, -0.15) is 0 Å². The van der Waals surface area contributed by atoms with Crippen LogP contribution in [0.1, 0.15) is 30.5 Å². The van der Waals surface area contributed by atoms with Crippen LogP contribution in [-0.2, 0) is 6.42 Å². The van der Waals surface area contributed by atoms with Crippen LogP contribution >= 0.6 is 0 Å². The van der Waals surface area contributed by atoms with E-state index in [0.29, 0.717) is 5.41 Å². The number of nitrogens with zero attached hydrogens (tertiary/aromatic N) is 1. The third-order valence-corrected chi connectivity index (χ3v) is 4.12. The molecule has 1 aliphatic rings. The monoisotopic (exact) mass is 260 g/mol. The van der Waals surface area contributed by atoms with Gasteiger partial charge in [0.15, 0.2) is 0 Å². The van der Waals surface area contributed by atoms with E-state index < -0.39 is 0 Å². The maximum Gasteiger partial charge on any atom is 0.0108 e. The minimum Gasteiger partial charge on any atom is -0.314 e. The fraction of sp³-hybridized carbons (Fsp3) is 0.647. The quantitative estimate of drug-likeness (QED) is 0.895. The van der Waals surface area contributed by atoms with Gasteiger partial charge < -0.3 is 10.2 Å². The van der Waals surface area contributed by atoms with Gasteiger partial charge in [0.05, 0.1) is 0 Å².